The van der Waals surface area contributed by atoms with Crippen LogP contribution in [-0.4, -0.2) is 16.1 Å². The van der Waals surface area contributed by atoms with Crippen LogP contribution < -0.4 is 5.32 Å². The molecule has 3 aromatic carbocycles. The molecular weight excluding hydrogens is 450 g/mol. The molecule has 0 radical (unpaired) electrons. The largest absolute Gasteiger partial charge is 0.407 e. The molecule has 0 spiro atoms. The summed E-state index contributed by atoms with van der Waals surface area (Å²) in [7, 11) is 0. The monoisotopic (exact) mass is 465 g/mol. The summed E-state index contributed by atoms with van der Waals surface area (Å²) in [4.78, 5) is 12.3. The molecule has 0 aliphatic rings. The van der Waals surface area contributed by atoms with E-state index in [4.69, 9.17) is 4.42 Å². The van der Waals surface area contributed by atoms with Gasteiger partial charge in [0, 0.05) is 15.9 Å². The maximum absolute atomic E-state index is 12.3. The molecule has 0 unspecified atom stereocenters. The first-order valence-electron chi connectivity index (χ1n) is 8.85. The van der Waals surface area contributed by atoms with Gasteiger partial charge < -0.3 is 9.73 Å². The van der Waals surface area contributed by atoms with Crippen LogP contribution in [0.1, 0.15) is 16.2 Å². The minimum atomic E-state index is -0.434. The summed E-state index contributed by atoms with van der Waals surface area (Å²) >= 11 is 4.76. The quantitative estimate of drug-likeness (QED) is 0.351. The van der Waals surface area contributed by atoms with Gasteiger partial charge in [-0.3, -0.25) is 4.79 Å². The molecule has 0 fully saturated rings. The van der Waals surface area contributed by atoms with E-state index >= 15 is 0 Å². The summed E-state index contributed by atoms with van der Waals surface area (Å²) in [5.41, 5.74) is 4.13. The molecule has 1 amide bonds. The molecule has 0 saturated carbocycles. The Kier molecular flexibility index (Phi) is 6.07. The molecule has 7 heteroatoms. The van der Waals surface area contributed by atoms with Gasteiger partial charge >= 0.3 is 11.8 Å². The zero-order valence-electron chi connectivity index (χ0n) is 15.2. The predicted octanol–water partition coefficient (Wildman–Crippen LogP) is 6.04. The standard InChI is InChI=1S/C22H16BrN3O2S/c23-17-10-12-18(13-11-17)24-20(27)21-25-26-22(28-21)29-14-16-8-4-5-9-19(16)15-6-2-1-3-7-15/h1-13H,14H2,(H,24,27). The molecule has 0 saturated heterocycles. The summed E-state index contributed by atoms with van der Waals surface area (Å²) in [6.45, 7) is 0. The van der Waals surface area contributed by atoms with Crippen LogP contribution in [0.2, 0.25) is 0 Å². The number of rotatable bonds is 6. The van der Waals surface area contributed by atoms with Crippen LogP contribution in [0.15, 0.2) is 93.0 Å². The van der Waals surface area contributed by atoms with Crippen LogP contribution in [0.5, 0.6) is 0 Å². The molecule has 5 nitrogen and oxygen atoms in total. The van der Waals surface area contributed by atoms with Gasteiger partial charge in [-0.25, -0.2) is 0 Å². The Morgan fingerprint density at radius 2 is 1.66 bits per heavy atom. The molecule has 1 heterocycles. The lowest BCUT2D eigenvalue weighted by atomic mass is 10.0. The summed E-state index contributed by atoms with van der Waals surface area (Å²) in [5.74, 6) is 0.157. The maximum Gasteiger partial charge on any atom is 0.313 e. The van der Waals surface area contributed by atoms with Gasteiger partial charge in [0.15, 0.2) is 0 Å². The highest BCUT2D eigenvalue weighted by Crippen LogP contribution is 2.29. The maximum atomic E-state index is 12.3. The molecular formula is C22H16BrN3O2S. The number of amides is 1. The Hall–Kier alpha value is -2.90. The fourth-order valence-corrected chi connectivity index (χ4v) is 3.79. The van der Waals surface area contributed by atoms with E-state index in [1.165, 1.54) is 11.8 Å². The van der Waals surface area contributed by atoms with Crippen molar-refractivity contribution >= 4 is 39.3 Å². The molecule has 29 heavy (non-hydrogen) atoms. The Labute approximate surface area is 180 Å². The SMILES string of the molecule is O=C(Nc1ccc(Br)cc1)c1nnc(SCc2ccccc2-c2ccccc2)o1. The molecule has 0 aliphatic heterocycles. The number of hydrogen-bond donors (Lipinski definition) is 1. The minimum Gasteiger partial charge on any atom is -0.407 e. The Morgan fingerprint density at radius 1 is 0.931 bits per heavy atom. The fraction of sp³-hybridized carbons (Fsp3) is 0.0455. The van der Waals surface area contributed by atoms with Gasteiger partial charge in [0.25, 0.3) is 5.22 Å². The highest BCUT2D eigenvalue weighted by atomic mass is 79.9. The number of nitrogens with zero attached hydrogens (tertiary/aromatic N) is 2. The number of benzene rings is 3. The Morgan fingerprint density at radius 3 is 2.45 bits per heavy atom. The van der Waals surface area contributed by atoms with Crippen molar-refractivity contribution in [3.05, 3.63) is 94.8 Å². The van der Waals surface area contributed by atoms with Crippen molar-refractivity contribution in [2.75, 3.05) is 5.32 Å². The van der Waals surface area contributed by atoms with Crippen molar-refractivity contribution in [2.45, 2.75) is 11.0 Å². The highest BCUT2D eigenvalue weighted by Gasteiger charge is 2.16. The normalized spacial score (nSPS) is 10.7. The molecule has 4 aromatic rings. The van der Waals surface area contributed by atoms with E-state index in [2.05, 4.69) is 55.7 Å². The Bertz CT molecular complexity index is 1110. The molecule has 0 aliphatic carbocycles. The van der Waals surface area contributed by atoms with Crippen LogP contribution in [0.3, 0.4) is 0 Å². The number of halogens is 1. The van der Waals surface area contributed by atoms with Crippen molar-refractivity contribution in [3.63, 3.8) is 0 Å². The zero-order valence-corrected chi connectivity index (χ0v) is 17.6. The van der Waals surface area contributed by atoms with Gasteiger partial charge in [0.2, 0.25) is 0 Å². The third-order valence-corrected chi connectivity index (χ3v) is 5.55. The van der Waals surface area contributed by atoms with Crippen molar-refractivity contribution in [3.8, 4) is 11.1 Å². The number of nitrogens with one attached hydrogen (secondary N) is 1. The van der Waals surface area contributed by atoms with Crippen LogP contribution >= 0.6 is 27.7 Å². The lowest BCUT2D eigenvalue weighted by molar-refractivity contribution is 0.0985. The van der Waals surface area contributed by atoms with Crippen LogP contribution in [-0.2, 0) is 5.75 Å². The summed E-state index contributed by atoms with van der Waals surface area (Å²) in [5, 5.41) is 10.9. The second-order valence-corrected chi connectivity index (χ2v) is 7.99. The summed E-state index contributed by atoms with van der Waals surface area (Å²) < 4.78 is 6.46. The molecule has 1 N–H and O–H groups in total. The van der Waals surface area contributed by atoms with Gasteiger partial charge in [-0.15, -0.1) is 10.2 Å². The van der Waals surface area contributed by atoms with Crippen molar-refractivity contribution < 1.29 is 9.21 Å². The number of carbonyl (C=O) groups excluding carboxylic acids is 1. The number of aromatic nitrogens is 2. The van der Waals surface area contributed by atoms with E-state index < -0.39 is 5.91 Å². The minimum absolute atomic E-state index is 0.0632. The van der Waals surface area contributed by atoms with E-state index in [0.29, 0.717) is 16.7 Å². The highest BCUT2D eigenvalue weighted by molar-refractivity contribution is 9.10. The first-order chi connectivity index (χ1) is 14.2. The second kappa shape index (κ2) is 9.07. The number of hydrogen-bond acceptors (Lipinski definition) is 5. The van der Waals surface area contributed by atoms with Gasteiger partial charge in [0.1, 0.15) is 0 Å². The van der Waals surface area contributed by atoms with E-state index in [-0.39, 0.29) is 5.89 Å². The van der Waals surface area contributed by atoms with Crippen molar-refractivity contribution in [2.24, 2.45) is 0 Å². The van der Waals surface area contributed by atoms with Gasteiger partial charge in [0.05, 0.1) is 0 Å². The average Bonchev–Trinajstić information content (AvgIpc) is 3.24. The molecule has 4 rings (SSSR count). The number of anilines is 1. The molecule has 0 atom stereocenters. The van der Waals surface area contributed by atoms with E-state index in [1.807, 2.05) is 42.5 Å². The molecule has 0 bridgehead atoms. The lowest BCUT2D eigenvalue weighted by Crippen LogP contribution is -2.12. The van der Waals surface area contributed by atoms with E-state index in [1.54, 1.807) is 12.1 Å². The van der Waals surface area contributed by atoms with Crippen LogP contribution in [0, 0.1) is 0 Å². The van der Waals surface area contributed by atoms with Crippen molar-refractivity contribution in [1.29, 1.82) is 0 Å². The van der Waals surface area contributed by atoms with E-state index in [9.17, 15) is 4.79 Å². The number of thioether (sulfide) groups is 1. The van der Waals surface area contributed by atoms with Gasteiger partial charge in [-0.05, 0) is 41.0 Å². The van der Waals surface area contributed by atoms with Crippen LogP contribution in [0.4, 0.5) is 5.69 Å². The predicted molar refractivity (Wildman–Crippen MR) is 118 cm³/mol. The Balaban J connectivity index is 1.43. The first kappa shape index (κ1) is 19.4. The fourth-order valence-electron chi connectivity index (χ4n) is 2.76. The average molecular weight is 466 g/mol. The summed E-state index contributed by atoms with van der Waals surface area (Å²) in [6.07, 6.45) is 0. The van der Waals surface area contributed by atoms with Crippen LogP contribution in [0.25, 0.3) is 11.1 Å². The van der Waals surface area contributed by atoms with Gasteiger partial charge in [-0.1, -0.05) is 82.3 Å². The van der Waals surface area contributed by atoms with E-state index in [0.717, 1.165) is 21.2 Å². The van der Waals surface area contributed by atoms with Gasteiger partial charge in [-0.2, -0.15) is 0 Å². The second-order valence-electron chi connectivity index (χ2n) is 6.15. The zero-order chi connectivity index (χ0) is 20.1. The third kappa shape index (κ3) is 4.93. The van der Waals surface area contributed by atoms with Crippen molar-refractivity contribution in [1.82, 2.24) is 10.2 Å². The smallest absolute Gasteiger partial charge is 0.313 e. The topological polar surface area (TPSA) is 68.0 Å². The molecule has 144 valence electrons. The number of carbonyl (C=O) groups is 1. The third-order valence-electron chi connectivity index (χ3n) is 4.16. The lowest BCUT2D eigenvalue weighted by Gasteiger charge is -2.08. The molecule has 1 aromatic heterocycles. The first-order valence-corrected chi connectivity index (χ1v) is 10.6. The summed E-state index contributed by atoms with van der Waals surface area (Å²) in [6, 6.07) is 25.7.